The fourth-order valence-electron chi connectivity index (χ4n) is 6.72. The number of allylic oxidation sites excluding steroid dienone is 8. The van der Waals surface area contributed by atoms with Crippen molar-refractivity contribution >= 4 is 5.69 Å². The summed E-state index contributed by atoms with van der Waals surface area (Å²) in [7, 11) is 0. The molecule has 2 heterocycles. The van der Waals surface area contributed by atoms with Crippen LogP contribution in [-0.4, -0.2) is 18.2 Å². The molecule has 7 atom stereocenters. The Morgan fingerprint density at radius 2 is 1.75 bits per heavy atom. The second kappa shape index (κ2) is 7.27. The monoisotopic (exact) mass is 419 g/mol. The van der Waals surface area contributed by atoms with Gasteiger partial charge in [0.25, 0.3) is 0 Å². The molecule has 0 bridgehead atoms. The number of nitrogens with zero attached hydrogens (tertiary/aromatic N) is 1. The molecule has 32 heavy (non-hydrogen) atoms. The van der Waals surface area contributed by atoms with Crippen LogP contribution in [0, 0.1) is 23.7 Å². The van der Waals surface area contributed by atoms with Crippen LogP contribution in [0.25, 0.3) is 0 Å². The van der Waals surface area contributed by atoms with E-state index < -0.39 is 0 Å². The number of anilines is 1. The molecule has 2 heteroatoms. The standard InChI is InChI=1S/C30H29NO/c1-2-8-22(9-3-1)31-27-12-6-4-10-23(27)25-18-20(14-16-28(25)31)21-15-17-30-26(19-21)24-11-5-7-13-29(24)32-30/h1-6,8-12,14,16-19,21,23-25,27-29H,7,13,15H2. The van der Waals surface area contributed by atoms with Crippen LogP contribution in [0.1, 0.15) is 19.3 Å². The molecule has 1 aromatic carbocycles. The average molecular weight is 420 g/mol. The van der Waals surface area contributed by atoms with E-state index >= 15 is 0 Å². The van der Waals surface area contributed by atoms with Gasteiger partial charge in [-0.2, -0.15) is 0 Å². The van der Waals surface area contributed by atoms with Gasteiger partial charge in [-0.3, -0.25) is 0 Å². The molecule has 2 nitrogen and oxygen atoms in total. The Morgan fingerprint density at radius 1 is 0.875 bits per heavy atom. The van der Waals surface area contributed by atoms with Gasteiger partial charge in [0.2, 0.25) is 0 Å². The minimum absolute atomic E-state index is 0.352. The zero-order valence-electron chi connectivity index (χ0n) is 18.3. The molecule has 7 unspecified atom stereocenters. The van der Waals surface area contributed by atoms with Crippen molar-refractivity contribution in [3.63, 3.8) is 0 Å². The Bertz CT molecular complexity index is 1130. The van der Waals surface area contributed by atoms with Crippen LogP contribution in [-0.2, 0) is 4.74 Å². The van der Waals surface area contributed by atoms with Gasteiger partial charge in [0.05, 0.1) is 12.1 Å². The van der Waals surface area contributed by atoms with Crippen LogP contribution >= 0.6 is 0 Å². The van der Waals surface area contributed by atoms with Gasteiger partial charge < -0.3 is 9.64 Å². The molecule has 2 aliphatic heterocycles. The van der Waals surface area contributed by atoms with Gasteiger partial charge in [-0.25, -0.2) is 0 Å². The van der Waals surface area contributed by atoms with Crippen LogP contribution in [0.15, 0.2) is 114 Å². The number of rotatable bonds is 2. The third kappa shape index (κ3) is 2.78. The van der Waals surface area contributed by atoms with Crippen molar-refractivity contribution in [3.8, 4) is 0 Å². The lowest BCUT2D eigenvalue weighted by molar-refractivity contribution is 0.130. The van der Waals surface area contributed by atoms with Crippen molar-refractivity contribution in [3.05, 3.63) is 114 Å². The Morgan fingerprint density at radius 3 is 2.69 bits per heavy atom. The van der Waals surface area contributed by atoms with Gasteiger partial charge in [0.1, 0.15) is 11.9 Å². The maximum absolute atomic E-state index is 6.29. The second-order valence-corrected chi connectivity index (χ2v) is 9.89. The normalized spacial score (nSPS) is 38.2. The maximum atomic E-state index is 6.29. The highest BCUT2D eigenvalue weighted by Crippen LogP contribution is 2.48. The zero-order valence-corrected chi connectivity index (χ0v) is 18.3. The van der Waals surface area contributed by atoms with Crippen molar-refractivity contribution in [2.45, 2.75) is 37.5 Å². The number of hydrogen-bond acceptors (Lipinski definition) is 2. The summed E-state index contributed by atoms with van der Waals surface area (Å²) < 4.78 is 6.29. The first-order valence-electron chi connectivity index (χ1n) is 12.2. The van der Waals surface area contributed by atoms with Gasteiger partial charge >= 0.3 is 0 Å². The number of para-hydroxylation sites is 1. The van der Waals surface area contributed by atoms with E-state index in [1.165, 1.54) is 16.8 Å². The summed E-state index contributed by atoms with van der Waals surface area (Å²) in [6, 6.07) is 11.8. The second-order valence-electron chi connectivity index (χ2n) is 9.89. The molecule has 2 saturated heterocycles. The van der Waals surface area contributed by atoms with Crippen molar-refractivity contribution in [1.82, 2.24) is 0 Å². The van der Waals surface area contributed by atoms with E-state index in [2.05, 4.69) is 102 Å². The molecule has 1 aromatic rings. The van der Waals surface area contributed by atoms with Gasteiger partial charge in [0.15, 0.2) is 0 Å². The SMILES string of the molecule is C1=CC2C3C=C(C4C=C5C(=CC4)OC4CCC=CC54)C=CC3N(c3ccccc3)C2C=C1. The van der Waals surface area contributed by atoms with Crippen LogP contribution < -0.4 is 4.90 Å². The van der Waals surface area contributed by atoms with Crippen molar-refractivity contribution in [2.24, 2.45) is 23.7 Å². The number of ether oxygens (including phenoxy) is 1. The highest BCUT2D eigenvalue weighted by atomic mass is 16.5. The first-order chi connectivity index (χ1) is 15.9. The Hall–Kier alpha value is -3.00. The molecule has 0 amide bonds. The molecule has 0 N–H and O–H groups in total. The lowest BCUT2D eigenvalue weighted by atomic mass is 9.76. The minimum atomic E-state index is 0.352. The molecule has 4 aliphatic carbocycles. The fraction of sp³-hybridized carbons (Fsp3) is 0.333. The lowest BCUT2D eigenvalue weighted by Crippen LogP contribution is -2.36. The summed E-state index contributed by atoms with van der Waals surface area (Å²) in [6.07, 6.45) is 30.0. The first-order valence-corrected chi connectivity index (χ1v) is 12.2. The Balaban J connectivity index is 1.22. The van der Waals surface area contributed by atoms with Crippen LogP contribution in [0.4, 0.5) is 5.69 Å². The molecule has 0 spiro atoms. The lowest BCUT2D eigenvalue weighted by Gasteiger charge is -2.32. The molecular weight excluding hydrogens is 390 g/mol. The molecule has 0 aromatic heterocycles. The number of fused-ring (bicyclic) bond motifs is 6. The van der Waals surface area contributed by atoms with Gasteiger partial charge in [-0.05, 0) is 43.0 Å². The summed E-state index contributed by atoms with van der Waals surface area (Å²) >= 11 is 0. The van der Waals surface area contributed by atoms with E-state index in [0.717, 1.165) is 25.0 Å². The third-order valence-corrected chi connectivity index (χ3v) is 8.20. The smallest absolute Gasteiger partial charge is 0.119 e. The quantitative estimate of drug-likeness (QED) is 0.522. The fourth-order valence-corrected chi connectivity index (χ4v) is 6.72. The van der Waals surface area contributed by atoms with Crippen LogP contribution in [0.2, 0.25) is 0 Å². The molecule has 0 saturated carbocycles. The summed E-state index contributed by atoms with van der Waals surface area (Å²) in [5, 5.41) is 0. The molecule has 6 aliphatic rings. The largest absolute Gasteiger partial charge is 0.489 e. The van der Waals surface area contributed by atoms with E-state index in [1.54, 1.807) is 0 Å². The average Bonchev–Trinajstić information content (AvgIpc) is 3.39. The molecule has 7 rings (SSSR count). The molecule has 2 fully saturated rings. The van der Waals surface area contributed by atoms with Gasteiger partial charge in [-0.15, -0.1) is 0 Å². The topological polar surface area (TPSA) is 12.5 Å². The van der Waals surface area contributed by atoms with Crippen molar-refractivity contribution in [1.29, 1.82) is 0 Å². The van der Waals surface area contributed by atoms with Crippen molar-refractivity contribution in [2.75, 3.05) is 4.90 Å². The van der Waals surface area contributed by atoms with Gasteiger partial charge in [0, 0.05) is 34.9 Å². The minimum Gasteiger partial charge on any atom is -0.489 e. The summed E-state index contributed by atoms with van der Waals surface area (Å²) in [5.74, 6) is 3.09. The number of hydrogen-bond donors (Lipinski definition) is 0. The maximum Gasteiger partial charge on any atom is 0.119 e. The zero-order chi connectivity index (χ0) is 21.1. The van der Waals surface area contributed by atoms with E-state index in [0.29, 0.717) is 41.9 Å². The Kier molecular flexibility index (Phi) is 4.21. The van der Waals surface area contributed by atoms with E-state index in [-0.39, 0.29) is 0 Å². The molecule has 160 valence electrons. The summed E-state index contributed by atoms with van der Waals surface area (Å²) in [5.41, 5.74) is 4.23. The predicted octanol–water partition coefficient (Wildman–Crippen LogP) is 6.29. The van der Waals surface area contributed by atoms with Crippen molar-refractivity contribution < 1.29 is 4.74 Å². The first kappa shape index (κ1) is 18.6. The summed E-state index contributed by atoms with van der Waals surface area (Å²) in [4.78, 5) is 2.62. The Labute approximate surface area is 190 Å². The summed E-state index contributed by atoms with van der Waals surface area (Å²) in [6.45, 7) is 0. The predicted molar refractivity (Wildman–Crippen MR) is 130 cm³/mol. The molecular formula is C30H29NO. The molecule has 0 radical (unpaired) electrons. The van der Waals surface area contributed by atoms with E-state index in [4.69, 9.17) is 4.74 Å². The van der Waals surface area contributed by atoms with Gasteiger partial charge in [-0.1, -0.05) is 79.0 Å². The third-order valence-electron chi connectivity index (χ3n) is 8.20. The van der Waals surface area contributed by atoms with Crippen LogP contribution in [0.3, 0.4) is 0 Å². The highest BCUT2D eigenvalue weighted by Gasteiger charge is 2.47. The van der Waals surface area contributed by atoms with Crippen LogP contribution in [0.5, 0.6) is 0 Å². The van der Waals surface area contributed by atoms with E-state index in [9.17, 15) is 0 Å². The highest BCUT2D eigenvalue weighted by molar-refractivity contribution is 5.57. The number of benzene rings is 1. The van der Waals surface area contributed by atoms with E-state index in [1.807, 2.05) is 0 Å².